The van der Waals surface area contributed by atoms with Gasteiger partial charge < -0.3 is 10.2 Å². The Morgan fingerprint density at radius 2 is 1.70 bits per heavy atom. The largest absolute Gasteiger partial charge is 0.479 e. The first-order valence-corrected chi connectivity index (χ1v) is 11.1. The van der Waals surface area contributed by atoms with Gasteiger partial charge in [-0.3, -0.25) is 4.79 Å². The Bertz CT molecular complexity index is 596. The monoisotopic (exact) mass is 434 g/mol. The summed E-state index contributed by atoms with van der Waals surface area (Å²) in [6.45, 7) is 4.82. The van der Waals surface area contributed by atoms with Gasteiger partial charge in [0.05, 0.1) is 11.3 Å². The lowest BCUT2D eigenvalue weighted by Gasteiger charge is -2.37. The Morgan fingerprint density at radius 3 is 2.17 bits per heavy atom. The summed E-state index contributed by atoms with van der Waals surface area (Å²) >= 11 is 0. The number of carbonyl (C=O) groups is 2. The molecule has 0 spiro atoms. The molecule has 0 amide bonds. The second-order valence-corrected chi connectivity index (χ2v) is 8.91. The molecule has 1 aliphatic carbocycles. The number of carbonyl (C=O) groups excluding carboxylic acids is 1. The van der Waals surface area contributed by atoms with Gasteiger partial charge in [-0.25, -0.2) is 4.79 Å². The summed E-state index contributed by atoms with van der Waals surface area (Å²) in [7, 11) is 0. The van der Waals surface area contributed by atoms with Gasteiger partial charge in [-0.2, -0.15) is 13.2 Å². The minimum atomic E-state index is -4.45. The zero-order valence-electron chi connectivity index (χ0n) is 18.4. The molecule has 2 N–H and O–H groups in total. The number of carboxylic acid groups (broad SMARTS) is 1. The Balaban J connectivity index is 3.13. The summed E-state index contributed by atoms with van der Waals surface area (Å²) in [6, 6.07) is 0. The van der Waals surface area contributed by atoms with Crippen molar-refractivity contribution < 1.29 is 33.0 Å². The number of halogens is 3. The lowest BCUT2D eigenvalue weighted by molar-refractivity contribution is -0.223. The fourth-order valence-corrected chi connectivity index (χ4v) is 4.48. The first kappa shape index (κ1) is 26.7. The predicted molar refractivity (Wildman–Crippen MR) is 110 cm³/mol. The number of ketones is 1. The molecule has 30 heavy (non-hydrogen) atoms. The molecule has 0 aromatic rings. The van der Waals surface area contributed by atoms with Crippen LogP contribution in [0.2, 0.25) is 0 Å². The van der Waals surface area contributed by atoms with E-state index in [4.69, 9.17) is 0 Å². The lowest BCUT2D eigenvalue weighted by Crippen LogP contribution is -2.54. The van der Waals surface area contributed by atoms with Gasteiger partial charge in [-0.05, 0) is 44.4 Å². The number of Topliss-reactive ketones (excluding diaryl/α,β-unsaturated/α-hetero) is 1. The quantitative estimate of drug-likeness (QED) is 0.345. The lowest BCUT2D eigenvalue weighted by atomic mass is 9.70. The van der Waals surface area contributed by atoms with Crippen molar-refractivity contribution in [3.63, 3.8) is 0 Å². The van der Waals surface area contributed by atoms with E-state index in [1.54, 1.807) is 12.2 Å². The van der Waals surface area contributed by atoms with Gasteiger partial charge >= 0.3 is 12.1 Å². The van der Waals surface area contributed by atoms with Crippen LogP contribution < -0.4 is 0 Å². The van der Waals surface area contributed by atoms with Gasteiger partial charge in [0.2, 0.25) is 0 Å². The van der Waals surface area contributed by atoms with Crippen LogP contribution in [0.4, 0.5) is 13.2 Å². The number of allylic oxidation sites excluding steroid dienone is 2. The first-order chi connectivity index (χ1) is 13.9. The highest BCUT2D eigenvalue weighted by Gasteiger charge is 2.54. The molecule has 0 aliphatic heterocycles. The second kappa shape index (κ2) is 11.3. The van der Waals surface area contributed by atoms with Gasteiger partial charge in [0.1, 0.15) is 5.78 Å². The second-order valence-electron chi connectivity index (χ2n) is 8.91. The third kappa shape index (κ3) is 6.32. The van der Waals surface area contributed by atoms with Gasteiger partial charge in [0, 0.05) is 6.42 Å². The van der Waals surface area contributed by atoms with Crippen LogP contribution in [0.15, 0.2) is 12.2 Å². The Labute approximate surface area is 177 Å². The molecule has 3 atom stereocenters. The molecule has 7 heteroatoms. The van der Waals surface area contributed by atoms with E-state index in [2.05, 4.69) is 0 Å². The molecular formula is C23H37F3O4. The topological polar surface area (TPSA) is 74.6 Å². The number of hydrogen-bond acceptors (Lipinski definition) is 3. The fourth-order valence-electron chi connectivity index (χ4n) is 4.48. The molecule has 1 aliphatic rings. The average Bonchev–Trinajstić information content (AvgIpc) is 3.21. The maximum absolute atomic E-state index is 13.7. The van der Waals surface area contributed by atoms with Crippen LogP contribution in [0.25, 0.3) is 0 Å². The zero-order chi connectivity index (χ0) is 23.0. The highest BCUT2D eigenvalue weighted by atomic mass is 19.4. The highest BCUT2D eigenvalue weighted by molar-refractivity contribution is 5.90. The van der Waals surface area contributed by atoms with E-state index in [0.29, 0.717) is 32.1 Å². The maximum atomic E-state index is 13.7. The van der Waals surface area contributed by atoms with Crippen molar-refractivity contribution in [2.24, 2.45) is 17.3 Å². The summed E-state index contributed by atoms with van der Waals surface area (Å²) in [5.74, 6) is -3.86. The van der Waals surface area contributed by atoms with E-state index in [9.17, 15) is 33.0 Å². The van der Waals surface area contributed by atoms with E-state index >= 15 is 0 Å². The maximum Gasteiger partial charge on any atom is 0.394 e. The number of carboxylic acids is 1. The third-order valence-electron chi connectivity index (χ3n) is 6.70. The molecule has 0 aromatic carbocycles. The van der Waals surface area contributed by atoms with Crippen molar-refractivity contribution in [3.05, 3.63) is 12.2 Å². The molecule has 1 saturated carbocycles. The van der Waals surface area contributed by atoms with Crippen LogP contribution in [-0.4, -0.2) is 33.7 Å². The van der Waals surface area contributed by atoms with Crippen molar-refractivity contribution in [2.45, 2.75) is 103 Å². The van der Waals surface area contributed by atoms with E-state index in [0.717, 1.165) is 19.8 Å². The van der Waals surface area contributed by atoms with Crippen molar-refractivity contribution in [1.82, 2.24) is 0 Å². The first-order valence-electron chi connectivity index (χ1n) is 11.1. The van der Waals surface area contributed by atoms with E-state index < -0.39 is 53.6 Å². The number of alkyl halides is 3. The minimum Gasteiger partial charge on any atom is -0.479 e. The smallest absolute Gasteiger partial charge is 0.394 e. The molecular weight excluding hydrogens is 397 g/mol. The molecule has 1 rings (SSSR count). The summed E-state index contributed by atoms with van der Waals surface area (Å²) in [5, 5.41) is 21.0. The van der Waals surface area contributed by atoms with E-state index in [-0.39, 0.29) is 12.8 Å². The predicted octanol–water partition coefficient (Wildman–Crippen LogP) is 6.07. The zero-order valence-corrected chi connectivity index (χ0v) is 18.4. The van der Waals surface area contributed by atoms with Gasteiger partial charge in [-0.1, -0.05) is 58.6 Å². The number of hydrogen-bond donors (Lipinski definition) is 2. The van der Waals surface area contributed by atoms with E-state index in [1.165, 1.54) is 0 Å². The Kier molecular flexibility index (Phi) is 10.0. The van der Waals surface area contributed by atoms with Crippen molar-refractivity contribution in [2.75, 3.05) is 0 Å². The highest BCUT2D eigenvalue weighted by Crippen LogP contribution is 2.47. The summed E-state index contributed by atoms with van der Waals surface area (Å²) in [4.78, 5) is 25.2. The molecule has 174 valence electrons. The van der Waals surface area contributed by atoms with E-state index in [1.807, 2.05) is 13.8 Å². The van der Waals surface area contributed by atoms with Crippen LogP contribution in [0, 0.1) is 17.3 Å². The SMILES string of the molecule is CCC=CC[C@@H](C(=O)CCC(C)(CCCC)C(F)(F)F)[C@@](O)(C(=O)O)C1CCCC1. The van der Waals surface area contributed by atoms with Crippen LogP contribution in [-0.2, 0) is 9.59 Å². The molecule has 1 unspecified atom stereocenters. The standard InChI is InChI=1S/C23H37F3O4/c1-4-6-8-13-18(22(30,20(28)29)17-11-9-10-12-17)19(27)14-16-21(3,15-7-5-2)23(24,25)26/h6,8,17-18,30H,4-5,7,9-16H2,1-3H3,(H,28,29)/t18-,21?,22+/m0/s1. The number of aliphatic hydroxyl groups is 1. The number of rotatable bonds is 13. The van der Waals surface area contributed by atoms with Crippen LogP contribution in [0.1, 0.15) is 91.4 Å². The van der Waals surface area contributed by atoms with Crippen molar-refractivity contribution in [3.8, 4) is 0 Å². The third-order valence-corrected chi connectivity index (χ3v) is 6.70. The summed E-state index contributed by atoms with van der Waals surface area (Å²) in [6.07, 6.45) is 2.37. The van der Waals surface area contributed by atoms with Gasteiger partial charge in [0.15, 0.2) is 5.60 Å². The number of unbranched alkanes of at least 4 members (excludes halogenated alkanes) is 1. The Morgan fingerprint density at radius 1 is 1.10 bits per heavy atom. The summed E-state index contributed by atoms with van der Waals surface area (Å²) in [5.41, 5.74) is -4.25. The number of aliphatic carboxylic acids is 1. The summed E-state index contributed by atoms with van der Waals surface area (Å²) < 4.78 is 41.0. The van der Waals surface area contributed by atoms with Gasteiger partial charge in [-0.15, -0.1) is 0 Å². The van der Waals surface area contributed by atoms with Crippen LogP contribution in [0.3, 0.4) is 0 Å². The molecule has 0 saturated heterocycles. The molecule has 0 radical (unpaired) electrons. The molecule has 1 fully saturated rings. The van der Waals surface area contributed by atoms with Crippen LogP contribution >= 0.6 is 0 Å². The molecule has 4 nitrogen and oxygen atoms in total. The molecule has 0 aromatic heterocycles. The van der Waals surface area contributed by atoms with Gasteiger partial charge in [0.25, 0.3) is 0 Å². The van der Waals surface area contributed by atoms with Crippen LogP contribution in [0.5, 0.6) is 0 Å². The normalized spacial score (nSPS) is 20.8. The van der Waals surface area contributed by atoms with Crippen molar-refractivity contribution in [1.29, 1.82) is 0 Å². The average molecular weight is 435 g/mol. The van der Waals surface area contributed by atoms with Crippen molar-refractivity contribution >= 4 is 11.8 Å². The minimum absolute atomic E-state index is 0.0175. The Hall–Kier alpha value is -1.37. The fraction of sp³-hybridized carbons (Fsp3) is 0.826. The molecule has 0 bridgehead atoms. The molecule has 0 heterocycles.